The van der Waals surface area contributed by atoms with Gasteiger partial charge in [-0.15, -0.1) is 0 Å². The van der Waals surface area contributed by atoms with E-state index < -0.39 is 5.60 Å². The molecule has 0 aliphatic heterocycles. The quantitative estimate of drug-likeness (QED) is 0.759. The molecule has 0 saturated carbocycles. The van der Waals surface area contributed by atoms with Gasteiger partial charge in [-0.1, -0.05) is 13.8 Å². The van der Waals surface area contributed by atoms with E-state index in [9.17, 15) is 4.79 Å². The lowest BCUT2D eigenvalue weighted by Gasteiger charge is -2.23. The Labute approximate surface area is 99.1 Å². The molecule has 0 aliphatic carbocycles. The molecule has 0 aliphatic rings. The number of ether oxygens (including phenoxy) is 1. The van der Waals surface area contributed by atoms with Crippen molar-refractivity contribution in [3.05, 3.63) is 0 Å². The lowest BCUT2D eigenvalue weighted by Crippen LogP contribution is -2.39. The summed E-state index contributed by atoms with van der Waals surface area (Å²) in [6.07, 6.45) is -0.339. The third-order valence-corrected chi connectivity index (χ3v) is 2.32. The van der Waals surface area contributed by atoms with E-state index >= 15 is 0 Å². The number of hydrogen-bond donors (Lipinski definition) is 2. The third kappa shape index (κ3) is 7.51. The summed E-state index contributed by atoms with van der Waals surface area (Å²) < 4.78 is 5.18. The van der Waals surface area contributed by atoms with Gasteiger partial charge < -0.3 is 15.4 Å². The molecule has 0 fully saturated rings. The van der Waals surface area contributed by atoms with E-state index in [1.54, 1.807) is 0 Å². The number of carbonyl (C=O) groups excluding carboxylic acids is 1. The van der Waals surface area contributed by atoms with E-state index in [1.807, 2.05) is 27.8 Å². The maximum absolute atomic E-state index is 11.4. The van der Waals surface area contributed by atoms with Gasteiger partial charge in [0.2, 0.25) is 0 Å². The second-order valence-corrected chi connectivity index (χ2v) is 5.44. The van der Waals surface area contributed by atoms with Crippen LogP contribution in [0.2, 0.25) is 0 Å². The molecular formula is C12H26N2O2. The summed E-state index contributed by atoms with van der Waals surface area (Å²) in [5.74, 6) is 0.958. The topological polar surface area (TPSA) is 50.4 Å². The molecule has 0 saturated heterocycles. The highest BCUT2D eigenvalue weighted by atomic mass is 16.6. The lowest BCUT2D eigenvalue weighted by molar-refractivity contribution is 0.0515. The van der Waals surface area contributed by atoms with Gasteiger partial charge in [0.05, 0.1) is 0 Å². The first-order valence-electron chi connectivity index (χ1n) is 5.87. The first-order chi connectivity index (χ1) is 7.26. The van der Waals surface area contributed by atoms with Gasteiger partial charge in [0.15, 0.2) is 0 Å². The Balaban J connectivity index is 3.97. The fourth-order valence-electron chi connectivity index (χ4n) is 1.33. The van der Waals surface area contributed by atoms with Crippen molar-refractivity contribution in [1.82, 2.24) is 10.6 Å². The Kier molecular flexibility index (Phi) is 6.41. The van der Waals surface area contributed by atoms with Crippen LogP contribution < -0.4 is 10.6 Å². The van der Waals surface area contributed by atoms with Crippen LogP contribution in [0.1, 0.15) is 34.6 Å². The number of hydrogen-bond acceptors (Lipinski definition) is 3. The molecule has 0 spiro atoms. The Morgan fingerprint density at radius 3 is 2.19 bits per heavy atom. The van der Waals surface area contributed by atoms with E-state index in [0.717, 1.165) is 6.54 Å². The van der Waals surface area contributed by atoms with Gasteiger partial charge in [0.25, 0.3) is 0 Å². The summed E-state index contributed by atoms with van der Waals surface area (Å²) in [7, 11) is 1.92. The average Bonchev–Trinajstić information content (AvgIpc) is 2.08. The molecule has 4 nitrogen and oxygen atoms in total. The van der Waals surface area contributed by atoms with Crippen molar-refractivity contribution in [2.75, 3.05) is 20.1 Å². The van der Waals surface area contributed by atoms with Gasteiger partial charge >= 0.3 is 6.09 Å². The van der Waals surface area contributed by atoms with Crippen LogP contribution in [-0.2, 0) is 4.74 Å². The zero-order chi connectivity index (χ0) is 12.8. The summed E-state index contributed by atoms with van der Waals surface area (Å²) in [6.45, 7) is 11.4. The highest BCUT2D eigenvalue weighted by molar-refractivity contribution is 5.67. The van der Waals surface area contributed by atoms with Crippen LogP contribution in [0.5, 0.6) is 0 Å². The standard InChI is InChI=1S/C12H26N2O2/c1-9(2)10(7-13-6)8-14-11(15)16-12(3,4)5/h9-10,13H,7-8H2,1-6H3,(H,14,15). The molecule has 0 bridgehead atoms. The molecule has 0 aromatic heterocycles. The first kappa shape index (κ1) is 15.2. The predicted molar refractivity (Wildman–Crippen MR) is 66.5 cm³/mol. The van der Waals surface area contributed by atoms with Crippen LogP contribution in [0, 0.1) is 11.8 Å². The molecular weight excluding hydrogens is 204 g/mol. The zero-order valence-corrected chi connectivity index (χ0v) is 11.4. The highest BCUT2D eigenvalue weighted by Crippen LogP contribution is 2.10. The van der Waals surface area contributed by atoms with Crippen molar-refractivity contribution < 1.29 is 9.53 Å². The third-order valence-electron chi connectivity index (χ3n) is 2.32. The Bertz CT molecular complexity index is 210. The molecule has 2 N–H and O–H groups in total. The van der Waals surface area contributed by atoms with E-state index in [2.05, 4.69) is 24.5 Å². The molecule has 16 heavy (non-hydrogen) atoms. The SMILES string of the molecule is CNCC(CNC(=O)OC(C)(C)C)C(C)C. The monoisotopic (exact) mass is 230 g/mol. The van der Waals surface area contributed by atoms with Crippen molar-refractivity contribution in [3.63, 3.8) is 0 Å². The summed E-state index contributed by atoms with van der Waals surface area (Å²) in [5.41, 5.74) is -0.430. The van der Waals surface area contributed by atoms with Crippen molar-refractivity contribution in [1.29, 1.82) is 0 Å². The van der Waals surface area contributed by atoms with Gasteiger partial charge in [-0.25, -0.2) is 4.79 Å². The van der Waals surface area contributed by atoms with Crippen LogP contribution in [0.25, 0.3) is 0 Å². The average molecular weight is 230 g/mol. The second kappa shape index (κ2) is 6.74. The molecule has 96 valence electrons. The summed E-state index contributed by atoms with van der Waals surface area (Å²) in [5, 5.41) is 5.93. The maximum Gasteiger partial charge on any atom is 0.407 e. The molecule has 0 aromatic rings. The summed E-state index contributed by atoms with van der Waals surface area (Å²) in [6, 6.07) is 0. The summed E-state index contributed by atoms with van der Waals surface area (Å²) in [4.78, 5) is 11.4. The Morgan fingerprint density at radius 1 is 1.25 bits per heavy atom. The Hall–Kier alpha value is -0.770. The van der Waals surface area contributed by atoms with E-state index in [0.29, 0.717) is 18.4 Å². The van der Waals surface area contributed by atoms with Crippen molar-refractivity contribution >= 4 is 6.09 Å². The van der Waals surface area contributed by atoms with Gasteiger partial charge in [-0.2, -0.15) is 0 Å². The molecule has 0 heterocycles. The molecule has 1 unspecified atom stereocenters. The molecule has 1 amide bonds. The Morgan fingerprint density at radius 2 is 1.81 bits per heavy atom. The van der Waals surface area contributed by atoms with Crippen molar-refractivity contribution in [2.45, 2.75) is 40.2 Å². The predicted octanol–water partition coefficient (Wildman–Crippen LogP) is 2.00. The molecule has 0 rings (SSSR count). The maximum atomic E-state index is 11.4. The van der Waals surface area contributed by atoms with Crippen LogP contribution in [0.3, 0.4) is 0 Å². The largest absolute Gasteiger partial charge is 0.444 e. The number of nitrogens with one attached hydrogen (secondary N) is 2. The van der Waals surface area contributed by atoms with Gasteiger partial charge in [0.1, 0.15) is 5.60 Å². The van der Waals surface area contributed by atoms with Crippen LogP contribution in [0.4, 0.5) is 4.79 Å². The van der Waals surface area contributed by atoms with E-state index in [1.165, 1.54) is 0 Å². The van der Waals surface area contributed by atoms with Gasteiger partial charge in [0, 0.05) is 6.54 Å². The van der Waals surface area contributed by atoms with Crippen molar-refractivity contribution in [2.24, 2.45) is 11.8 Å². The number of carbonyl (C=O) groups is 1. The van der Waals surface area contributed by atoms with Crippen LogP contribution >= 0.6 is 0 Å². The normalized spacial score (nSPS) is 13.7. The van der Waals surface area contributed by atoms with Gasteiger partial charge in [-0.3, -0.25) is 0 Å². The fraction of sp³-hybridized carbons (Fsp3) is 0.917. The number of amides is 1. The minimum atomic E-state index is -0.430. The minimum Gasteiger partial charge on any atom is -0.444 e. The zero-order valence-electron chi connectivity index (χ0n) is 11.4. The summed E-state index contributed by atoms with van der Waals surface area (Å²) >= 11 is 0. The number of alkyl carbamates (subject to hydrolysis) is 1. The van der Waals surface area contributed by atoms with Gasteiger partial charge in [-0.05, 0) is 46.2 Å². The fourth-order valence-corrected chi connectivity index (χ4v) is 1.33. The highest BCUT2D eigenvalue weighted by Gasteiger charge is 2.18. The second-order valence-electron chi connectivity index (χ2n) is 5.44. The number of rotatable bonds is 5. The molecule has 0 radical (unpaired) electrons. The van der Waals surface area contributed by atoms with Crippen molar-refractivity contribution in [3.8, 4) is 0 Å². The van der Waals surface area contributed by atoms with E-state index in [-0.39, 0.29) is 6.09 Å². The lowest BCUT2D eigenvalue weighted by atomic mass is 9.96. The molecule has 1 atom stereocenters. The minimum absolute atomic E-state index is 0.339. The molecule has 4 heteroatoms. The van der Waals surface area contributed by atoms with E-state index in [4.69, 9.17) is 4.74 Å². The van der Waals surface area contributed by atoms with Crippen LogP contribution in [0.15, 0.2) is 0 Å². The smallest absolute Gasteiger partial charge is 0.407 e. The first-order valence-corrected chi connectivity index (χ1v) is 5.87. The molecule has 0 aromatic carbocycles. The van der Waals surface area contributed by atoms with Crippen LogP contribution in [-0.4, -0.2) is 31.8 Å².